The van der Waals surface area contributed by atoms with Crippen LogP contribution < -0.4 is 5.32 Å². The smallest absolute Gasteiger partial charge is 0.374 e. The predicted octanol–water partition coefficient (Wildman–Crippen LogP) is 3.28. The number of rotatable bonds is 4. The average molecular weight is 382 g/mol. The lowest BCUT2D eigenvalue weighted by Crippen LogP contribution is -2.60. The van der Waals surface area contributed by atoms with Crippen molar-refractivity contribution in [3.63, 3.8) is 0 Å². The lowest BCUT2D eigenvalue weighted by Gasteiger charge is -2.56. The van der Waals surface area contributed by atoms with Crippen molar-refractivity contribution in [2.45, 2.75) is 44.1 Å². The number of ether oxygens (including phenoxy) is 1. The van der Waals surface area contributed by atoms with Gasteiger partial charge >= 0.3 is 5.97 Å². The first-order valence-electron chi connectivity index (χ1n) is 8.25. The third-order valence-corrected chi connectivity index (χ3v) is 5.98. The fraction of sp³-hybridized carbons (Fsp3) is 0.647. The summed E-state index contributed by atoms with van der Waals surface area (Å²) in [5.74, 6) is 1.58. The molecule has 0 unspecified atom stereocenters. The fourth-order valence-corrected chi connectivity index (χ4v) is 5.53. The first kappa shape index (κ1) is 15.2. The Hall–Kier alpha value is -1.30. The Morgan fingerprint density at radius 1 is 1.17 bits per heavy atom. The first-order valence-corrected chi connectivity index (χ1v) is 9.04. The Labute approximate surface area is 143 Å². The summed E-state index contributed by atoms with van der Waals surface area (Å²) in [7, 11) is 0. The largest absolute Gasteiger partial charge is 0.450 e. The molecule has 1 N–H and O–H groups in total. The van der Waals surface area contributed by atoms with Gasteiger partial charge in [-0.2, -0.15) is 0 Å². The van der Waals surface area contributed by atoms with Gasteiger partial charge in [0.2, 0.25) is 5.76 Å². The minimum absolute atomic E-state index is 0.0497. The van der Waals surface area contributed by atoms with Gasteiger partial charge in [0.15, 0.2) is 11.3 Å². The summed E-state index contributed by atoms with van der Waals surface area (Å²) in [5, 5.41) is 3.18. The zero-order valence-corrected chi connectivity index (χ0v) is 14.4. The zero-order chi connectivity index (χ0) is 16.0. The summed E-state index contributed by atoms with van der Waals surface area (Å²) >= 11 is 3.13. The molecule has 1 aromatic heterocycles. The third kappa shape index (κ3) is 3.05. The van der Waals surface area contributed by atoms with Gasteiger partial charge in [-0.15, -0.1) is 0 Å². The monoisotopic (exact) mass is 381 g/mol. The number of amides is 1. The molecule has 6 heteroatoms. The molecule has 5 nitrogen and oxygen atoms in total. The van der Waals surface area contributed by atoms with Crippen LogP contribution in [0.1, 0.15) is 49.1 Å². The fourth-order valence-electron chi connectivity index (χ4n) is 5.22. The van der Waals surface area contributed by atoms with Gasteiger partial charge in [-0.05, 0) is 84.3 Å². The summed E-state index contributed by atoms with van der Waals surface area (Å²) < 4.78 is 10.6. The molecule has 0 spiro atoms. The first-order chi connectivity index (χ1) is 11.0. The number of furan rings is 1. The number of hydrogen-bond acceptors (Lipinski definition) is 4. The lowest BCUT2D eigenvalue weighted by molar-refractivity contribution is -0.130. The highest BCUT2D eigenvalue weighted by Gasteiger charge is 2.51. The molecule has 23 heavy (non-hydrogen) atoms. The van der Waals surface area contributed by atoms with E-state index in [9.17, 15) is 9.59 Å². The number of carbonyl (C=O) groups is 2. The second-order valence-corrected chi connectivity index (χ2v) is 8.21. The normalized spacial score (nSPS) is 34.4. The van der Waals surface area contributed by atoms with Crippen LogP contribution in [0.2, 0.25) is 0 Å². The van der Waals surface area contributed by atoms with Crippen molar-refractivity contribution in [2.75, 3.05) is 6.61 Å². The van der Waals surface area contributed by atoms with Crippen LogP contribution in [0.3, 0.4) is 0 Å². The van der Waals surface area contributed by atoms with Crippen LogP contribution in [0.4, 0.5) is 0 Å². The Morgan fingerprint density at radius 2 is 1.78 bits per heavy atom. The molecule has 1 heterocycles. The van der Waals surface area contributed by atoms with Crippen LogP contribution in [0.5, 0.6) is 0 Å². The van der Waals surface area contributed by atoms with Gasteiger partial charge in [0.1, 0.15) is 0 Å². The van der Waals surface area contributed by atoms with Gasteiger partial charge in [-0.3, -0.25) is 4.79 Å². The second-order valence-electron chi connectivity index (χ2n) is 7.43. The van der Waals surface area contributed by atoms with Crippen molar-refractivity contribution in [3.05, 3.63) is 22.6 Å². The lowest BCUT2D eigenvalue weighted by atomic mass is 9.53. The van der Waals surface area contributed by atoms with Crippen LogP contribution in [0, 0.1) is 17.8 Å². The van der Waals surface area contributed by atoms with Crippen molar-refractivity contribution < 1.29 is 18.7 Å². The Morgan fingerprint density at radius 3 is 2.30 bits per heavy atom. The van der Waals surface area contributed by atoms with E-state index in [0.717, 1.165) is 37.0 Å². The molecule has 4 fully saturated rings. The minimum Gasteiger partial charge on any atom is -0.450 e. The molecular formula is C17H20BrNO4. The molecule has 5 rings (SSSR count). The highest BCUT2D eigenvalue weighted by atomic mass is 79.9. The minimum atomic E-state index is -0.614. The Balaban J connectivity index is 1.33. The summed E-state index contributed by atoms with van der Waals surface area (Å²) in [6, 6.07) is 3.13. The number of halogens is 1. The summed E-state index contributed by atoms with van der Waals surface area (Å²) in [6.45, 7) is -0.251. The maximum Gasteiger partial charge on any atom is 0.374 e. The van der Waals surface area contributed by atoms with Crippen LogP contribution in [-0.4, -0.2) is 24.0 Å². The summed E-state index contributed by atoms with van der Waals surface area (Å²) in [5.41, 5.74) is -0.0497. The molecule has 124 valence electrons. The molecule has 1 amide bonds. The van der Waals surface area contributed by atoms with E-state index in [1.165, 1.54) is 25.3 Å². The van der Waals surface area contributed by atoms with E-state index in [0.29, 0.717) is 4.67 Å². The van der Waals surface area contributed by atoms with Gasteiger partial charge in [-0.25, -0.2) is 4.79 Å². The Bertz CT molecular complexity index is 603. The van der Waals surface area contributed by atoms with E-state index < -0.39 is 5.97 Å². The van der Waals surface area contributed by atoms with Crippen LogP contribution in [0.25, 0.3) is 0 Å². The SMILES string of the molecule is O=C(COC(=O)c1ccc(Br)o1)NC12CC3CC(CC(C3)C1)C2. The quantitative estimate of drug-likeness (QED) is 0.812. The van der Waals surface area contributed by atoms with Gasteiger partial charge in [0.25, 0.3) is 5.91 Å². The number of carbonyl (C=O) groups excluding carboxylic acids is 2. The number of esters is 1. The highest BCUT2D eigenvalue weighted by molar-refractivity contribution is 9.10. The van der Waals surface area contributed by atoms with E-state index in [2.05, 4.69) is 21.2 Å². The van der Waals surface area contributed by atoms with Crippen LogP contribution in [-0.2, 0) is 9.53 Å². The van der Waals surface area contributed by atoms with E-state index in [-0.39, 0.29) is 23.8 Å². The van der Waals surface area contributed by atoms with Gasteiger partial charge < -0.3 is 14.5 Å². The molecule has 4 aliphatic rings. The van der Waals surface area contributed by atoms with Gasteiger partial charge in [0, 0.05) is 5.54 Å². The standard InChI is InChI=1S/C17H20BrNO4/c18-14-2-1-13(23-14)16(21)22-9-15(20)19-17-6-10-3-11(7-17)5-12(4-10)8-17/h1-2,10-12H,3-9H2,(H,19,20). The van der Waals surface area contributed by atoms with E-state index in [1.807, 2.05) is 0 Å². The van der Waals surface area contributed by atoms with E-state index in [1.54, 1.807) is 6.07 Å². The average Bonchev–Trinajstić information content (AvgIpc) is 2.89. The van der Waals surface area contributed by atoms with Crippen molar-refractivity contribution in [3.8, 4) is 0 Å². The number of nitrogens with one attached hydrogen (secondary N) is 1. The molecule has 1 aromatic rings. The molecule has 0 aromatic carbocycles. The zero-order valence-electron chi connectivity index (χ0n) is 12.8. The molecule has 0 aliphatic heterocycles. The third-order valence-electron chi connectivity index (χ3n) is 5.55. The van der Waals surface area contributed by atoms with Crippen molar-refractivity contribution >= 4 is 27.8 Å². The second kappa shape index (κ2) is 5.65. The number of hydrogen-bond donors (Lipinski definition) is 1. The van der Waals surface area contributed by atoms with Gasteiger partial charge in [0.05, 0.1) is 0 Å². The Kier molecular flexibility index (Phi) is 3.75. The van der Waals surface area contributed by atoms with Crippen LogP contribution >= 0.6 is 15.9 Å². The molecule has 4 bridgehead atoms. The topological polar surface area (TPSA) is 68.5 Å². The summed E-state index contributed by atoms with van der Waals surface area (Å²) in [4.78, 5) is 24.0. The maximum absolute atomic E-state index is 12.2. The van der Waals surface area contributed by atoms with E-state index in [4.69, 9.17) is 9.15 Å². The molecule has 4 aliphatic carbocycles. The van der Waals surface area contributed by atoms with E-state index >= 15 is 0 Å². The molecule has 0 atom stereocenters. The highest BCUT2D eigenvalue weighted by Crippen LogP contribution is 2.55. The molecule has 0 saturated heterocycles. The van der Waals surface area contributed by atoms with Crippen LogP contribution in [0.15, 0.2) is 21.2 Å². The molecule has 4 saturated carbocycles. The van der Waals surface area contributed by atoms with Gasteiger partial charge in [-0.1, -0.05) is 0 Å². The molecular weight excluding hydrogens is 362 g/mol. The maximum atomic E-state index is 12.2. The molecule has 0 radical (unpaired) electrons. The predicted molar refractivity (Wildman–Crippen MR) is 85.7 cm³/mol. The van der Waals surface area contributed by atoms with Crippen molar-refractivity contribution in [1.82, 2.24) is 5.32 Å². The summed E-state index contributed by atoms with van der Waals surface area (Å²) in [6.07, 6.45) is 7.25. The van der Waals surface area contributed by atoms with Crippen molar-refractivity contribution in [1.29, 1.82) is 0 Å². The van der Waals surface area contributed by atoms with Crippen molar-refractivity contribution in [2.24, 2.45) is 17.8 Å².